The minimum Gasteiger partial charge on any atom is -0.331 e. The Morgan fingerprint density at radius 3 is 2.43 bits per heavy atom. The molecule has 2 aromatic heterocycles. The highest BCUT2D eigenvalue weighted by atomic mass is 32.2. The van der Waals surface area contributed by atoms with Gasteiger partial charge in [-0.1, -0.05) is 18.2 Å². The third kappa shape index (κ3) is 4.40. The van der Waals surface area contributed by atoms with Crippen LogP contribution in [0.1, 0.15) is 17.9 Å². The second-order valence-corrected chi connectivity index (χ2v) is 10.7. The van der Waals surface area contributed by atoms with E-state index in [1.807, 2.05) is 41.9 Å². The molecule has 11 heteroatoms. The van der Waals surface area contributed by atoms with Crippen LogP contribution in [0.3, 0.4) is 0 Å². The SMILES string of the molecule is Cc1c(NC(=O)CCc2nc3cc(S(=O)(=O)N(C)C)ccc3n2C)c(=O)n(-c2ccccc2)n1C. The van der Waals surface area contributed by atoms with Crippen LogP contribution >= 0.6 is 0 Å². The number of carbonyl (C=O) groups is 1. The first-order chi connectivity index (χ1) is 16.5. The summed E-state index contributed by atoms with van der Waals surface area (Å²) in [6.45, 7) is 1.78. The number of carbonyl (C=O) groups excluding carboxylic acids is 1. The predicted octanol–water partition coefficient (Wildman–Crippen LogP) is 2.19. The number of nitrogens with zero attached hydrogens (tertiary/aromatic N) is 5. The Morgan fingerprint density at radius 2 is 1.77 bits per heavy atom. The van der Waals surface area contributed by atoms with Crippen molar-refractivity contribution in [2.24, 2.45) is 14.1 Å². The molecule has 0 saturated carbocycles. The third-order valence-corrected chi connectivity index (χ3v) is 7.93. The van der Waals surface area contributed by atoms with Gasteiger partial charge in [0.1, 0.15) is 11.5 Å². The Bertz CT molecular complexity index is 1580. The van der Waals surface area contributed by atoms with E-state index in [-0.39, 0.29) is 28.5 Å². The average Bonchev–Trinajstić information content (AvgIpc) is 3.26. The molecular weight excluding hydrogens is 468 g/mol. The molecule has 2 aromatic carbocycles. The number of benzene rings is 2. The second-order valence-electron chi connectivity index (χ2n) is 8.51. The van der Waals surface area contributed by atoms with E-state index in [1.54, 1.807) is 30.8 Å². The number of sulfonamides is 1. The Labute approximate surface area is 203 Å². The van der Waals surface area contributed by atoms with E-state index in [0.717, 1.165) is 9.82 Å². The predicted molar refractivity (Wildman–Crippen MR) is 134 cm³/mol. The van der Waals surface area contributed by atoms with Crippen LogP contribution in [0.4, 0.5) is 5.69 Å². The molecule has 1 amide bonds. The summed E-state index contributed by atoms with van der Waals surface area (Å²) in [6.07, 6.45) is 0.435. The van der Waals surface area contributed by atoms with E-state index in [2.05, 4.69) is 10.3 Å². The van der Waals surface area contributed by atoms with Gasteiger partial charge in [-0.25, -0.2) is 22.4 Å². The smallest absolute Gasteiger partial charge is 0.295 e. The van der Waals surface area contributed by atoms with Crippen molar-refractivity contribution < 1.29 is 13.2 Å². The van der Waals surface area contributed by atoms with Gasteiger partial charge in [0.25, 0.3) is 5.56 Å². The van der Waals surface area contributed by atoms with Crippen molar-refractivity contribution >= 4 is 32.7 Å². The zero-order chi connectivity index (χ0) is 25.5. The highest BCUT2D eigenvalue weighted by Crippen LogP contribution is 2.22. The van der Waals surface area contributed by atoms with E-state index in [4.69, 9.17) is 0 Å². The number of hydrogen-bond acceptors (Lipinski definition) is 5. The molecule has 2 heterocycles. The molecule has 0 bridgehead atoms. The average molecular weight is 497 g/mol. The maximum absolute atomic E-state index is 13.0. The van der Waals surface area contributed by atoms with Crippen LogP contribution in [0.5, 0.6) is 0 Å². The summed E-state index contributed by atoms with van der Waals surface area (Å²) in [7, 11) is 2.97. The van der Waals surface area contributed by atoms with Crippen molar-refractivity contribution in [3.05, 3.63) is 70.4 Å². The van der Waals surface area contributed by atoms with E-state index in [1.165, 1.54) is 24.8 Å². The van der Waals surface area contributed by atoms with Crippen molar-refractivity contribution in [1.29, 1.82) is 0 Å². The molecule has 0 unspecified atom stereocenters. The number of nitrogens with one attached hydrogen (secondary N) is 1. The van der Waals surface area contributed by atoms with E-state index in [0.29, 0.717) is 29.1 Å². The lowest BCUT2D eigenvalue weighted by molar-refractivity contribution is -0.116. The number of rotatable bonds is 7. The molecule has 1 N–H and O–H groups in total. The van der Waals surface area contributed by atoms with Crippen LogP contribution in [0.2, 0.25) is 0 Å². The zero-order valence-electron chi connectivity index (χ0n) is 20.3. The first-order valence-corrected chi connectivity index (χ1v) is 12.5. The Kier molecular flexibility index (Phi) is 6.39. The molecule has 0 atom stereocenters. The second kappa shape index (κ2) is 9.16. The standard InChI is InChI=1S/C24H28N6O4S/c1-16-23(24(32)30(29(16)5)17-9-7-6-8-10-17)26-22(31)14-13-21-25-19-15-18(35(33,34)27(2)3)11-12-20(19)28(21)4/h6-12,15H,13-14H2,1-5H3,(H,26,31). The highest BCUT2D eigenvalue weighted by molar-refractivity contribution is 7.89. The van der Waals surface area contributed by atoms with E-state index < -0.39 is 10.0 Å². The number of amides is 1. The molecule has 4 aromatic rings. The maximum atomic E-state index is 13.0. The number of anilines is 1. The van der Waals surface area contributed by atoms with Crippen molar-refractivity contribution in [2.45, 2.75) is 24.7 Å². The van der Waals surface area contributed by atoms with Gasteiger partial charge in [-0.15, -0.1) is 0 Å². The van der Waals surface area contributed by atoms with Gasteiger partial charge in [0.15, 0.2) is 0 Å². The summed E-state index contributed by atoms with van der Waals surface area (Å²) < 4.78 is 31.1. The first kappa shape index (κ1) is 24.4. The molecule has 0 saturated heterocycles. The van der Waals surface area contributed by atoms with E-state index in [9.17, 15) is 18.0 Å². The minimum absolute atomic E-state index is 0.110. The summed E-state index contributed by atoms with van der Waals surface area (Å²) in [5, 5.41) is 2.76. The van der Waals surface area contributed by atoms with Gasteiger partial charge in [0.05, 0.1) is 27.3 Å². The quantitative estimate of drug-likeness (QED) is 0.422. The molecule has 4 rings (SSSR count). The molecule has 0 aliphatic carbocycles. The van der Waals surface area contributed by atoms with Gasteiger partial charge in [-0.2, -0.15) is 0 Å². The monoisotopic (exact) mass is 496 g/mol. The molecule has 184 valence electrons. The lowest BCUT2D eigenvalue weighted by Crippen LogP contribution is -2.23. The molecule has 0 radical (unpaired) electrons. The molecular formula is C24H28N6O4S. The van der Waals surface area contributed by atoms with Crippen LogP contribution in [-0.4, -0.2) is 51.6 Å². The van der Waals surface area contributed by atoms with Crippen LogP contribution < -0.4 is 10.9 Å². The van der Waals surface area contributed by atoms with Crippen LogP contribution in [0, 0.1) is 6.92 Å². The number of hydrogen-bond donors (Lipinski definition) is 1. The van der Waals surface area contributed by atoms with Crippen LogP contribution in [0.25, 0.3) is 16.7 Å². The van der Waals surface area contributed by atoms with Gasteiger partial charge in [-0.3, -0.25) is 14.3 Å². The number of fused-ring (bicyclic) bond motifs is 1. The normalized spacial score (nSPS) is 11.9. The first-order valence-electron chi connectivity index (χ1n) is 11.0. The summed E-state index contributed by atoms with van der Waals surface area (Å²) >= 11 is 0. The highest BCUT2D eigenvalue weighted by Gasteiger charge is 2.21. The fraction of sp³-hybridized carbons (Fsp3) is 0.292. The zero-order valence-corrected chi connectivity index (χ0v) is 21.1. The fourth-order valence-electron chi connectivity index (χ4n) is 3.96. The van der Waals surface area contributed by atoms with E-state index >= 15 is 0 Å². The lowest BCUT2D eigenvalue weighted by Gasteiger charge is -2.10. The van der Waals surface area contributed by atoms with Crippen molar-refractivity contribution in [1.82, 2.24) is 23.2 Å². The van der Waals surface area contributed by atoms with Crippen molar-refractivity contribution in [2.75, 3.05) is 19.4 Å². The number of imidazole rings is 1. The molecule has 0 spiro atoms. The molecule has 0 aliphatic heterocycles. The number of para-hydroxylation sites is 1. The molecule has 10 nitrogen and oxygen atoms in total. The lowest BCUT2D eigenvalue weighted by atomic mass is 10.2. The minimum atomic E-state index is -3.58. The molecule has 0 fully saturated rings. The summed E-state index contributed by atoms with van der Waals surface area (Å²) in [5.74, 6) is 0.333. The topological polar surface area (TPSA) is 111 Å². The van der Waals surface area contributed by atoms with Gasteiger partial charge in [-0.05, 0) is 37.3 Å². The van der Waals surface area contributed by atoms with Crippen LogP contribution in [-0.2, 0) is 35.3 Å². The third-order valence-electron chi connectivity index (χ3n) is 6.12. The molecule has 0 aliphatic rings. The van der Waals surface area contributed by atoms with Gasteiger partial charge >= 0.3 is 0 Å². The molecule has 35 heavy (non-hydrogen) atoms. The Morgan fingerprint density at radius 1 is 1.09 bits per heavy atom. The van der Waals surface area contributed by atoms with Crippen molar-refractivity contribution in [3.8, 4) is 5.69 Å². The Balaban J connectivity index is 1.53. The van der Waals surface area contributed by atoms with Gasteiger partial charge < -0.3 is 9.88 Å². The fourth-order valence-corrected chi connectivity index (χ4v) is 4.89. The number of aromatic nitrogens is 4. The van der Waals surface area contributed by atoms with Crippen molar-refractivity contribution in [3.63, 3.8) is 0 Å². The number of aryl methyl sites for hydroxylation is 2. The summed E-state index contributed by atoms with van der Waals surface area (Å²) in [5.41, 5.74) is 2.59. The van der Waals surface area contributed by atoms with Gasteiger partial charge in [0.2, 0.25) is 15.9 Å². The Hall–Kier alpha value is -3.70. The summed E-state index contributed by atoms with van der Waals surface area (Å²) in [6, 6.07) is 14.0. The largest absolute Gasteiger partial charge is 0.331 e. The maximum Gasteiger partial charge on any atom is 0.295 e. The van der Waals surface area contributed by atoms with Crippen LogP contribution in [0.15, 0.2) is 58.2 Å². The van der Waals surface area contributed by atoms with Gasteiger partial charge in [0, 0.05) is 41.0 Å². The summed E-state index contributed by atoms with van der Waals surface area (Å²) in [4.78, 5) is 30.5.